The first-order chi connectivity index (χ1) is 12.8. The molecule has 0 aliphatic heterocycles. The Kier molecular flexibility index (Phi) is 5.05. The van der Waals surface area contributed by atoms with Crippen LogP contribution in [-0.4, -0.2) is 4.98 Å². The van der Waals surface area contributed by atoms with E-state index in [0.717, 1.165) is 22.9 Å². The summed E-state index contributed by atoms with van der Waals surface area (Å²) in [6.07, 6.45) is 8.25. The average Bonchev–Trinajstić information content (AvgIpc) is 3.19. The van der Waals surface area contributed by atoms with Crippen LogP contribution in [0.2, 0.25) is 0 Å². The molecular formula is C23H26N2O. The fourth-order valence-electron chi connectivity index (χ4n) is 3.85. The number of hydrogen-bond donors (Lipinski definition) is 1. The van der Waals surface area contributed by atoms with Crippen molar-refractivity contribution in [3.8, 4) is 11.3 Å². The van der Waals surface area contributed by atoms with Crippen LogP contribution in [-0.2, 0) is 0 Å². The van der Waals surface area contributed by atoms with Crippen LogP contribution < -0.4 is 5.32 Å². The van der Waals surface area contributed by atoms with Crippen molar-refractivity contribution in [1.82, 2.24) is 4.98 Å². The summed E-state index contributed by atoms with van der Waals surface area (Å²) >= 11 is 0. The summed E-state index contributed by atoms with van der Waals surface area (Å²) in [5.41, 5.74) is 3.47. The van der Waals surface area contributed by atoms with Crippen LogP contribution in [0.1, 0.15) is 49.6 Å². The van der Waals surface area contributed by atoms with Crippen LogP contribution in [0.15, 0.2) is 65.2 Å². The molecular weight excluding hydrogens is 320 g/mol. The largest absolute Gasteiger partial charge is 0.438 e. The van der Waals surface area contributed by atoms with Gasteiger partial charge < -0.3 is 9.73 Å². The van der Waals surface area contributed by atoms with Crippen LogP contribution in [0.4, 0.5) is 5.69 Å². The summed E-state index contributed by atoms with van der Waals surface area (Å²) in [5.74, 6) is 2.20. The fourth-order valence-corrected chi connectivity index (χ4v) is 3.85. The molecule has 26 heavy (non-hydrogen) atoms. The molecule has 1 unspecified atom stereocenters. The third-order valence-electron chi connectivity index (χ3n) is 5.34. The maximum Gasteiger partial charge on any atom is 0.217 e. The van der Waals surface area contributed by atoms with Crippen molar-refractivity contribution >= 4 is 5.69 Å². The van der Waals surface area contributed by atoms with Gasteiger partial charge in [-0.2, -0.15) is 0 Å². The predicted octanol–water partition coefficient (Wildman–Crippen LogP) is 6.38. The first kappa shape index (κ1) is 16.9. The monoisotopic (exact) mass is 346 g/mol. The van der Waals surface area contributed by atoms with E-state index in [4.69, 9.17) is 4.42 Å². The van der Waals surface area contributed by atoms with E-state index in [1.54, 1.807) is 0 Å². The van der Waals surface area contributed by atoms with Gasteiger partial charge in [-0.3, -0.25) is 0 Å². The second-order valence-corrected chi connectivity index (χ2v) is 7.31. The molecule has 1 atom stereocenters. The molecule has 134 valence electrons. The van der Waals surface area contributed by atoms with E-state index in [2.05, 4.69) is 53.6 Å². The second kappa shape index (κ2) is 7.77. The molecule has 0 spiro atoms. The van der Waals surface area contributed by atoms with E-state index < -0.39 is 0 Å². The number of rotatable bonds is 5. The number of nitrogens with one attached hydrogen (secondary N) is 1. The van der Waals surface area contributed by atoms with Crippen LogP contribution in [0, 0.1) is 12.8 Å². The lowest BCUT2D eigenvalue weighted by Gasteiger charge is -2.29. The summed E-state index contributed by atoms with van der Waals surface area (Å²) < 4.78 is 6.21. The lowest BCUT2D eigenvalue weighted by atomic mass is 9.83. The normalized spacial score (nSPS) is 16.3. The first-order valence-corrected chi connectivity index (χ1v) is 9.64. The van der Waals surface area contributed by atoms with Crippen molar-refractivity contribution in [3.05, 3.63) is 72.2 Å². The number of nitrogens with zero attached hydrogens (tertiary/aromatic N) is 1. The quantitative estimate of drug-likeness (QED) is 0.582. The molecule has 2 aromatic carbocycles. The van der Waals surface area contributed by atoms with Crippen molar-refractivity contribution < 1.29 is 4.42 Å². The second-order valence-electron chi connectivity index (χ2n) is 7.31. The van der Waals surface area contributed by atoms with Crippen molar-refractivity contribution in [2.24, 2.45) is 5.92 Å². The third-order valence-corrected chi connectivity index (χ3v) is 5.34. The van der Waals surface area contributed by atoms with E-state index in [0.29, 0.717) is 5.92 Å². The minimum absolute atomic E-state index is 0.121. The number of anilines is 1. The Morgan fingerprint density at radius 3 is 2.42 bits per heavy atom. The van der Waals surface area contributed by atoms with Gasteiger partial charge in [0.25, 0.3) is 0 Å². The molecule has 1 aliphatic carbocycles. The number of oxazole rings is 1. The van der Waals surface area contributed by atoms with Crippen LogP contribution >= 0.6 is 0 Å². The molecule has 1 saturated carbocycles. The van der Waals surface area contributed by atoms with Gasteiger partial charge in [-0.15, -0.1) is 0 Å². The van der Waals surface area contributed by atoms with E-state index in [9.17, 15) is 0 Å². The van der Waals surface area contributed by atoms with E-state index in [-0.39, 0.29) is 6.04 Å². The minimum Gasteiger partial charge on any atom is -0.438 e. The molecule has 0 saturated heterocycles. The zero-order valence-corrected chi connectivity index (χ0v) is 15.3. The Morgan fingerprint density at radius 1 is 0.962 bits per heavy atom. The van der Waals surface area contributed by atoms with Gasteiger partial charge in [0.05, 0.1) is 6.20 Å². The summed E-state index contributed by atoms with van der Waals surface area (Å²) in [6, 6.07) is 18.9. The fraction of sp³-hybridized carbons (Fsp3) is 0.348. The molecule has 3 heteroatoms. The topological polar surface area (TPSA) is 38.1 Å². The van der Waals surface area contributed by atoms with Crippen molar-refractivity contribution in [2.45, 2.75) is 45.1 Å². The SMILES string of the molecule is Cc1ccc(NC(c2ncc(-c3ccccc3)o2)C2CCCCC2)cc1. The molecule has 0 bridgehead atoms. The predicted molar refractivity (Wildman–Crippen MR) is 106 cm³/mol. The Hall–Kier alpha value is -2.55. The van der Waals surface area contributed by atoms with E-state index >= 15 is 0 Å². The molecule has 4 rings (SSSR count). The van der Waals surface area contributed by atoms with Crippen LogP contribution in [0.25, 0.3) is 11.3 Å². The first-order valence-electron chi connectivity index (χ1n) is 9.64. The summed E-state index contributed by atoms with van der Waals surface area (Å²) in [7, 11) is 0. The van der Waals surface area contributed by atoms with Crippen LogP contribution in [0.5, 0.6) is 0 Å². The zero-order chi connectivity index (χ0) is 17.8. The maximum absolute atomic E-state index is 6.21. The highest BCUT2D eigenvalue weighted by atomic mass is 16.4. The molecule has 1 N–H and O–H groups in total. The van der Waals surface area contributed by atoms with Gasteiger partial charge in [-0.05, 0) is 37.8 Å². The van der Waals surface area contributed by atoms with Gasteiger partial charge in [0, 0.05) is 11.3 Å². The van der Waals surface area contributed by atoms with Gasteiger partial charge >= 0.3 is 0 Å². The van der Waals surface area contributed by atoms with Crippen LogP contribution in [0.3, 0.4) is 0 Å². The number of aromatic nitrogens is 1. The van der Waals surface area contributed by atoms with E-state index in [1.165, 1.54) is 37.7 Å². The Labute approximate surface area is 155 Å². The molecule has 1 aromatic heterocycles. The molecule has 1 aliphatic rings. The number of aryl methyl sites for hydroxylation is 1. The average molecular weight is 346 g/mol. The standard InChI is InChI=1S/C23H26N2O/c1-17-12-14-20(15-13-17)25-22(19-10-6-3-7-11-19)23-24-16-21(26-23)18-8-4-2-5-9-18/h2,4-5,8-9,12-16,19,22,25H,3,6-7,10-11H2,1H3. The lowest BCUT2D eigenvalue weighted by Crippen LogP contribution is -2.23. The smallest absolute Gasteiger partial charge is 0.217 e. The summed E-state index contributed by atoms with van der Waals surface area (Å²) in [4.78, 5) is 4.65. The Bertz CT molecular complexity index is 817. The Balaban J connectivity index is 1.62. The van der Waals surface area contributed by atoms with Gasteiger partial charge in [-0.1, -0.05) is 67.3 Å². The minimum atomic E-state index is 0.121. The van der Waals surface area contributed by atoms with Crippen molar-refractivity contribution in [2.75, 3.05) is 5.32 Å². The molecule has 0 radical (unpaired) electrons. The highest BCUT2D eigenvalue weighted by Crippen LogP contribution is 2.37. The summed E-state index contributed by atoms with van der Waals surface area (Å²) in [5, 5.41) is 3.70. The molecule has 0 amide bonds. The Morgan fingerprint density at radius 2 is 1.69 bits per heavy atom. The molecule has 1 fully saturated rings. The van der Waals surface area contributed by atoms with Crippen molar-refractivity contribution in [1.29, 1.82) is 0 Å². The van der Waals surface area contributed by atoms with Gasteiger partial charge in [0.2, 0.25) is 5.89 Å². The number of benzene rings is 2. The maximum atomic E-state index is 6.21. The molecule has 3 aromatic rings. The molecule has 1 heterocycles. The third kappa shape index (κ3) is 3.82. The van der Waals surface area contributed by atoms with Gasteiger partial charge in [0.1, 0.15) is 6.04 Å². The van der Waals surface area contributed by atoms with Gasteiger partial charge in [0.15, 0.2) is 5.76 Å². The molecule has 3 nitrogen and oxygen atoms in total. The van der Waals surface area contributed by atoms with Gasteiger partial charge in [-0.25, -0.2) is 4.98 Å². The van der Waals surface area contributed by atoms with E-state index in [1.807, 2.05) is 24.4 Å². The zero-order valence-electron chi connectivity index (χ0n) is 15.3. The summed E-state index contributed by atoms with van der Waals surface area (Å²) in [6.45, 7) is 2.11. The number of hydrogen-bond acceptors (Lipinski definition) is 3. The highest BCUT2D eigenvalue weighted by molar-refractivity contribution is 5.56. The lowest BCUT2D eigenvalue weighted by molar-refractivity contribution is 0.290. The van der Waals surface area contributed by atoms with Crippen molar-refractivity contribution in [3.63, 3.8) is 0 Å². The highest BCUT2D eigenvalue weighted by Gasteiger charge is 2.29.